The number of carboxylic acids is 1. The first-order valence-corrected chi connectivity index (χ1v) is 13.2. The fourth-order valence-electron chi connectivity index (χ4n) is 5.25. The van der Waals surface area contributed by atoms with Crippen LogP contribution in [0.25, 0.3) is 10.9 Å². The van der Waals surface area contributed by atoms with Crippen LogP contribution < -0.4 is 5.73 Å². The maximum Gasteiger partial charge on any atom is 0.358 e. The standard InChI is InChI=1S/C28H37N5O5/c1-17(2)14-21(29)26(34)33(28(37)32-12-8-5-9-13-32)23(25-30-24(27(35)36)18(3)38-25)15-19-16-31(4)22-11-7-6-10-20(19)22/h6-7,10-11,16-17,21,23H,5,8-9,12-15,29H2,1-4H3,(H,35,36)/t21-,23+/m0/s1. The molecule has 3 N–H and O–H groups in total. The quantitative estimate of drug-likeness (QED) is 0.450. The van der Waals surface area contributed by atoms with Gasteiger partial charge >= 0.3 is 12.0 Å². The Balaban J connectivity index is 1.85. The Morgan fingerprint density at radius 1 is 1.16 bits per heavy atom. The molecule has 1 fully saturated rings. The van der Waals surface area contributed by atoms with E-state index in [1.165, 1.54) is 11.8 Å². The molecular weight excluding hydrogens is 486 g/mol. The Kier molecular flexibility index (Phi) is 8.20. The average Bonchev–Trinajstić information content (AvgIpc) is 3.43. The summed E-state index contributed by atoms with van der Waals surface area (Å²) >= 11 is 0. The zero-order chi connectivity index (χ0) is 27.6. The number of nitrogens with zero attached hydrogens (tertiary/aromatic N) is 4. The second-order valence-electron chi connectivity index (χ2n) is 10.5. The minimum Gasteiger partial charge on any atom is -0.476 e. The highest BCUT2D eigenvalue weighted by Gasteiger charge is 2.40. The zero-order valence-electron chi connectivity index (χ0n) is 22.5. The fourth-order valence-corrected chi connectivity index (χ4v) is 5.25. The highest BCUT2D eigenvalue weighted by molar-refractivity contribution is 5.97. The summed E-state index contributed by atoms with van der Waals surface area (Å²) in [6.07, 6.45) is 5.26. The Morgan fingerprint density at radius 2 is 1.84 bits per heavy atom. The molecule has 2 aromatic heterocycles. The van der Waals surface area contributed by atoms with Crippen molar-refractivity contribution in [2.75, 3.05) is 13.1 Å². The lowest BCUT2D eigenvalue weighted by atomic mass is 10.00. The summed E-state index contributed by atoms with van der Waals surface area (Å²) in [7, 11) is 1.93. The van der Waals surface area contributed by atoms with Crippen LogP contribution in [-0.4, -0.2) is 61.5 Å². The molecule has 4 rings (SSSR count). The molecule has 0 bridgehead atoms. The van der Waals surface area contributed by atoms with Crippen LogP contribution in [0.2, 0.25) is 0 Å². The van der Waals surface area contributed by atoms with Crippen molar-refractivity contribution >= 4 is 28.8 Å². The van der Waals surface area contributed by atoms with E-state index in [0.717, 1.165) is 35.7 Å². The number of urea groups is 1. The molecule has 0 radical (unpaired) electrons. The van der Waals surface area contributed by atoms with E-state index < -0.39 is 30.0 Å². The number of carboxylic acid groups (broad SMARTS) is 1. The lowest BCUT2D eigenvalue weighted by Crippen LogP contribution is -2.54. The molecule has 1 aliphatic rings. The van der Waals surface area contributed by atoms with Crippen molar-refractivity contribution in [2.24, 2.45) is 18.7 Å². The highest BCUT2D eigenvalue weighted by Crippen LogP contribution is 2.32. The number of carbonyl (C=O) groups excluding carboxylic acids is 2. The third-order valence-corrected chi connectivity index (χ3v) is 7.12. The molecule has 0 aliphatic carbocycles. The van der Waals surface area contributed by atoms with E-state index in [1.54, 1.807) is 4.90 Å². The van der Waals surface area contributed by atoms with Crippen LogP contribution in [0, 0.1) is 12.8 Å². The van der Waals surface area contributed by atoms with E-state index in [2.05, 4.69) is 4.98 Å². The second kappa shape index (κ2) is 11.4. The lowest BCUT2D eigenvalue weighted by Gasteiger charge is -2.36. The number of carbonyl (C=O) groups is 3. The molecule has 1 aliphatic heterocycles. The van der Waals surface area contributed by atoms with Crippen molar-refractivity contribution in [3.05, 3.63) is 53.4 Å². The number of amides is 3. The number of benzene rings is 1. The van der Waals surface area contributed by atoms with Gasteiger partial charge in [0.1, 0.15) is 11.8 Å². The number of hydrogen-bond acceptors (Lipinski definition) is 6. The number of nitrogens with two attached hydrogens (primary N) is 1. The molecule has 0 saturated carbocycles. The fraction of sp³-hybridized carbons (Fsp3) is 0.500. The van der Waals surface area contributed by atoms with Gasteiger partial charge in [0.25, 0.3) is 0 Å². The van der Waals surface area contributed by atoms with Gasteiger partial charge in [0.2, 0.25) is 11.8 Å². The largest absolute Gasteiger partial charge is 0.476 e. The van der Waals surface area contributed by atoms with Crippen LogP contribution in [0.5, 0.6) is 0 Å². The number of rotatable bonds is 8. The van der Waals surface area contributed by atoms with E-state index in [1.807, 2.05) is 55.9 Å². The number of likely N-dealkylation sites (tertiary alicyclic amines) is 1. The predicted molar refractivity (Wildman–Crippen MR) is 143 cm³/mol. The maximum atomic E-state index is 14.0. The Labute approximate surface area is 222 Å². The van der Waals surface area contributed by atoms with Gasteiger partial charge in [0, 0.05) is 43.7 Å². The van der Waals surface area contributed by atoms with Gasteiger partial charge in [-0.15, -0.1) is 0 Å². The first-order chi connectivity index (χ1) is 18.1. The van der Waals surface area contributed by atoms with Gasteiger partial charge in [0.05, 0.1) is 6.04 Å². The van der Waals surface area contributed by atoms with Crippen LogP contribution in [-0.2, 0) is 18.3 Å². The number of aryl methyl sites for hydroxylation is 2. The zero-order valence-corrected chi connectivity index (χ0v) is 22.5. The highest BCUT2D eigenvalue weighted by atomic mass is 16.4. The summed E-state index contributed by atoms with van der Waals surface area (Å²) in [6, 6.07) is 5.51. The summed E-state index contributed by atoms with van der Waals surface area (Å²) in [6.45, 7) is 6.52. The van der Waals surface area contributed by atoms with Gasteiger partial charge in [-0.3, -0.25) is 4.79 Å². The molecule has 10 heteroatoms. The number of oxazole rings is 1. The third-order valence-electron chi connectivity index (χ3n) is 7.12. The maximum absolute atomic E-state index is 14.0. The van der Waals surface area contributed by atoms with Crippen molar-refractivity contribution in [1.29, 1.82) is 0 Å². The normalized spacial score (nSPS) is 15.6. The van der Waals surface area contributed by atoms with Crippen molar-refractivity contribution < 1.29 is 23.9 Å². The van der Waals surface area contributed by atoms with Crippen LogP contribution in [0.1, 0.15) is 73.3 Å². The number of aromatic nitrogens is 2. The van der Waals surface area contributed by atoms with Crippen LogP contribution in [0.4, 0.5) is 4.79 Å². The molecule has 38 heavy (non-hydrogen) atoms. The third kappa shape index (κ3) is 5.60. The molecule has 0 spiro atoms. The van der Waals surface area contributed by atoms with Gasteiger partial charge in [-0.2, -0.15) is 0 Å². The van der Waals surface area contributed by atoms with E-state index in [-0.39, 0.29) is 29.7 Å². The molecule has 3 aromatic rings. The lowest BCUT2D eigenvalue weighted by molar-refractivity contribution is -0.133. The van der Waals surface area contributed by atoms with Crippen molar-refractivity contribution in [1.82, 2.24) is 19.4 Å². The molecule has 1 aromatic carbocycles. The Hall–Kier alpha value is -3.66. The number of aromatic carboxylic acids is 1. The van der Waals surface area contributed by atoms with E-state index in [9.17, 15) is 19.5 Å². The van der Waals surface area contributed by atoms with Crippen LogP contribution >= 0.6 is 0 Å². The number of fused-ring (bicyclic) bond motifs is 1. The summed E-state index contributed by atoms with van der Waals surface area (Å²) in [5, 5.41) is 10.6. The minimum atomic E-state index is -1.24. The number of piperidine rings is 1. The van der Waals surface area contributed by atoms with E-state index in [0.29, 0.717) is 19.5 Å². The van der Waals surface area contributed by atoms with E-state index in [4.69, 9.17) is 10.2 Å². The first-order valence-electron chi connectivity index (χ1n) is 13.2. The average molecular weight is 524 g/mol. The molecule has 0 unspecified atom stereocenters. The number of para-hydroxylation sites is 1. The van der Waals surface area contributed by atoms with Crippen LogP contribution in [0.15, 0.2) is 34.9 Å². The first kappa shape index (κ1) is 27.4. The van der Waals surface area contributed by atoms with Gasteiger partial charge < -0.3 is 24.7 Å². The summed E-state index contributed by atoms with van der Waals surface area (Å²) in [5.74, 6) is -1.51. The Morgan fingerprint density at radius 3 is 2.47 bits per heavy atom. The van der Waals surface area contributed by atoms with E-state index >= 15 is 0 Å². The van der Waals surface area contributed by atoms with Crippen molar-refractivity contribution in [3.63, 3.8) is 0 Å². The number of imide groups is 1. The summed E-state index contributed by atoms with van der Waals surface area (Å²) < 4.78 is 7.83. The monoisotopic (exact) mass is 523 g/mol. The van der Waals surface area contributed by atoms with Crippen molar-refractivity contribution in [3.8, 4) is 0 Å². The molecule has 1 saturated heterocycles. The topological polar surface area (TPSA) is 135 Å². The van der Waals surface area contributed by atoms with Crippen molar-refractivity contribution in [2.45, 2.75) is 65.0 Å². The SMILES string of the molecule is Cc1oc([C@@H](Cc2cn(C)c3ccccc23)N(C(=O)[C@@H](N)CC(C)C)C(=O)N2CCCCC2)nc1C(=O)O. The Bertz CT molecular complexity index is 1320. The van der Waals surface area contributed by atoms with Gasteiger partial charge in [-0.25, -0.2) is 19.5 Å². The predicted octanol–water partition coefficient (Wildman–Crippen LogP) is 4.26. The molecule has 2 atom stereocenters. The molecular formula is C28H37N5O5. The summed E-state index contributed by atoms with van der Waals surface area (Å²) in [4.78, 5) is 46.9. The van der Waals surface area contributed by atoms with Crippen LogP contribution in [0.3, 0.4) is 0 Å². The van der Waals surface area contributed by atoms with Gasteiger partial charge in [-0.05, 0) is 50.2 Å². The summed E-state index contributed by atoms with van der Waals surface area (Å²) in [5.41, 5.74) is 7.99. The minimum absolute atomic E-state index is 0.00305. The molecule has 204 valence electrons. The van der Waals surface area contributed by atoms with Gasteiger partial charge in [0.15, 0.2) is 5.69 Å². The smallest absolute Gasteiger partial charge is 0.358 e. The molecule has 3 amide bonds. The second-order valence-corrected chi connectivity index (χ2v) is 10.5. The van der Waals surface area contributed by atoms with Gasteiger partial charge in [-0.1, -0.05) is 32.0 Å². The number of hydrogen-bond donors (Lipinski definition) is 2. The molecule has 10 nitrogen and oxygen atoms in total. The molecule has 3 heterocycles.